The summed E-state index contributed by atoms with van der Waals surface area (Å²) in [4.78, 5) is 16.8. The Morgan fingerprint density at radius 3 is 1.81 bits per heavy atom. The number of amides is 1. The van der Waals surface area contributed by atoms with E-state index < -0.39 is 17.5 Å². The molecule has 0 spiro atoms. The van der Waals surface area contributed by atoms with E-state index in [2.05, 4.69) is 34.5 Å². The molecule has 0 bridgehead atoms. The van der Waals surface area contributed by atoms with Gasteiger partial charge in [-0.1, -0.05) is 66.7 Å². The molecule has 1 fully saturated rings. The first-order valence-electron chi connectivity index (χ1n) is 10.4. The lowest BCUT2D eigenvalue weighted by Gasteiger charge is -2.39. The number of nitrogens with one attached hydrogen (secondary N) is 1. The Morgan fingerprint density at radius 1 is 0.774 bits per heavy atom. The predicted molar refractivity (Wildman–Crippen MR) is 118 cm³/mol. The lowest BCUT2D eigenvalue weighted by Crippen LogP contribution is -2.49. The van der Waals surface area contributed by atoms with Crippen molar-refractivity contribution in [2.75, 3.05) is 38.0 Å². The second kappa shape index (κ2) is 9.81. The van der Waals surface area contributed by atoms with Crippen LogP contribution in [0.5, 0.6) is 0 Å². The molecular weight excluding hydrogens is 396 g/mol. The van der Waals surface area contributed by atoms with Crippen LogP contribution in [0.15, 0.2) is 78.9 Å². The molecule has 0 saturated carbocycles. The van der Waals surface area contributed by atoms with E-state index in [4.69, 9.17) is 0 Å². The van der Waals surface area contributed by atoms with Crippen LogP contribution in [0.2, 0.25) is 0 Å². The fourth-order valence-corrected chi connectivity index (χ4v) is 4.06. The third-order valence-electron chi connectivity index (χ3n) is 5.60. The highest BCUT2D eigenvalue weighted by atomic mass is 19.1. The molecular formula is C25H25F2N3O. The van der Waals surface area contributed by atoms with Crippen LogP contribution in [0.4, 0.5) is 14.5 Å². The smallest absolute Gasteiger partial charge is 0.238 e. The third kappa shape index (κ3) is 5.16. The molecule has 1 N–H and O–H groups in total. The van der Waals surface area contributed by atoms with Gasteiger partial charge < -0.3 is 5.32 Å². The van der Waals surface area contributed by atoms with Crippen molar-refractivity contribution in [3.05, 3.63) is 102 Å². The Balaban J connectivity index is 1.39. The summed E-state index contributed by atoms with van der Waals surface area (Å²) < 4.78 is 27.6. The predicted octanol–water partition coefficient (Wildman–Crippen LogP) is 4.31. The van der Waals surface area contributed by atoms with Crippen molar-refractivity contribution in [2.45, 2.75) is 6.04 Å². The van der Waals surface area contributed by atoms with Gasteiger partial charge in [-0.3, -0.25) is 14.6 Å². The van der Waals surface area contributed by atoms with Gasteiger partial charge in [-0.2, -0.15) is 0 Å². The summed E-state index contributed by atoms with van der Waals surface area (Å²) in [6.07, 6.45) is 0. The molecule has 0 radical (unpaired) electrons. The molecule has 160 valence electrons. The maximum atomic E-state index is 13.8. The Hall–Kier alpha value is -3.09. The fraction of sp³-hybridized carbons (Fsp3) is 0.240. The van der Waals surface area contributed by atoms with Crippen molar-refractivity contribution >= 4 is 11.6 Å². The Bertz CT molecular complexity index is 946. The monoisotopic (exact) mass is 421 g/mol. The standard InChI is InChI=1S/C25H25F2N3O/c26-21-12-7-13-22(27)24(21)28-23(31)18-29-14-16-30(17-15-29)25(19-8-3-1-4-9-19)20-10-5-2-6-11-20/h1-13,25H,14-18H2,(H,28,31). The minimum Gasteiger partial charge on any atom is -0.320 e. The number of halogens is 2. The number of benzene rings is 3. The Kier molecular flexibility index (Phi) is 6.70. The molecule has 0 aliphatic carbocycles. The molecule has 4 rings (SSSR count). The van der Waals surface area contributed by atoms with Crippen molar-refractivity contribution in [2.24, 2.45) is 0 Å². The second-order valence-corrected chi connectivity index (χ2v) is 7.68. The van der Waals surface area contributed by atoms with Gasteiger partial charge in [0.15, 0.2) is 0 Å². The van der Waals surface area contributed by atoms with Crippen LogP contribution in [0.3, 0.4) is 0 Å². The number of carbonyl (C=O) groups is 1. The normalized spacial score (nSPS) is 15.2. The Labute approximate surface area is 181 Å². The number of para-hydroxylation sites is 1. The first-order chi connectivity index (χ1) is 15.1. The van der Waals surface area contributed by atoms with Gasteiger partial charge in [0.05, 0.1) is 12.6 Å². The van der Waals surface area contributed by atoms with E-state index >= 15 is 0 Å². The molecule has 1 saturated heterocycles. The number of carbonyl (C=O) groups excluding carboxylic acids is 1. The van der Waals surface area contributed by atoms with E-state index in [1.165, 1.54) is 17.2 Å². The topological polar surface area (TPSA) is 35.6 Å². The summed E-state index contributed by atoms with van der Waals surface area (Å²) >= 11 is 0. The Morgan fingerprint density at radius 2 is 1.29 bits per heavy atom. The summed E-state index contributed by atoms with van der Waals surface area (Å²) in [7, 11) is 0. The highest BCUT2D eigenvalue weighted by Gasteiger charge is 2.27. The molecule has 1 heterocycles. The molecule has 3 aromatic carbocycles. The molecule has 1 aliphatic rings. The molecule has 0 unspecified atom stereocenters. The zero-order chi connectivity index (χ0) is 21.6. The van der Waals surface area contributed by atoms with Gasteiger partial charge in [0.2, 0.25) is 5.91 Å². The van der Waals surface area contributed by atoms with Crippen molar-refractivity contribution in [1.82, 2.24) is 9.80 Å². The van der Waals surface area contributed by atoms with Crippen LogP contribution < -0.4 is 5.32 Å². The van der Waals surface area contributed by atoms with Gasteiger partial charge in [0, 0.05) is 26.2 Å². The first-order valence-corrected chi connectivity index (χ1v) is 10.4. The van der Waals surface area contributed by atoms with E-state index in [1.807, 2.05) is 41.3 Å². The number of hydrogen-bond acceptors (Lipinski definition) is 3. The third-order valence-corrected chi connectivity index (χ3v) is 5.60. The van der Waals surface area contributed by atoms with Crippen molar-refractivity contribution < 1.29 is 13.6 Å². The number of hydrogen-bond donors (Lipinski definition) is 1. The van der Waals surface area contributed by atoms with Gasteiger partial charge in [0.25, 0.3) is 0 Å². The summed E-state index contributed by atoms with van der Waals surface area (Å²) in [5.41, 5.74) is 2.07. The lowest BCUT2D eigenvalue weighted by atomic mass is 9.96. The van der Waals surface area contributed by atoms with Crippen molar-refractivity contribution in [3.63, 3.8) is 0 Å². The molecule has 0 aromatic heterocycles. The van der Waals surface area contributed by atoms with E-state index in [0.29, 0.717) is 13.1 Å². The van der Waals surface area contributed by atoms with Crippen LogP contribution in [0, 0.1) is 11.6 Å². The largest absolute Gasteiger partial charge is 0.320 e. The number of rotatable bonds is 6. The minimum absolute atomic E-state index is 0.100. The molecule has 4 nitrogen and oxygen atoms in total. The molecule has 31 heavy (non-hydrogen) atoms. The van der Waals surface area contributed by atoms with Crippen LogP contribution in [-0.2, 0) is 4.79 Å². The summed E-state index contributed by atoms with van der Waals surface area (Å²) in [5.74, 6) is -1.96. The maximum absolute atomic E-state index is 13.8. The first kappa shape index (κ1) is 21.2. The summed E-state index contributed by atoms with van der Waals surface area (Å²) in [6, 6.07) is 24.5. The van der Waals surface area contributed by atoms with Gasteiger partial charge >= 0.3 is 0 Å². The van der Waals surface area contributed by atoms with Crippen LogP contribution >= 0.6 is 0 Å². The number of piperazine rings is 1. The average Bonchev–Trinajstić information content (AvgIpc) is 2.79. The van der Waals surface area contributed by atoms with Gasteiger partial charge in [0.1, 0.15) is 17.3 Å². The SMILES string of the molecule is O=C(CN1CCN(C(c2ccccc2)c2ccccc2)CC1)Nc1c(F)cccc1F. The number of nitrogens with zero attached hydrogens (tertiary/aromatic N) is 2. The van der Waals surface area contributed by atoms with Crippen LogP contribution in [-0.4, -0.2) is 48.4 Å². The molecule has 1 aliphatic heterocycles. The molecule has 3 aromatic rings. The maximum Gasteiger partial charge on any atom is 0.238 e. The molecule has 0 atom stereocenters. The fourth-order valence-electron chi connectivity index (χ4n) is 4.06. The lowest BCUT2D eigenvalue weighted by molar-refractivity contribution is -0.117. The van der Waals surface area contributed by atoms with E-state index in [0.717, 1.165) is 25.2 Å². The van der Waals surface area contributed by atoms with E-state index in [9.17, 15) is 13.6 Å². The van der Waals surface area contributed by atoms with Gasteiger partial charge in [-0.05, 0) is 23.3 Å². The minimum atomic E-state index is -0.772. The molecule has 1 amide bonds. The van der Waals surface area contributed by atoms with Crippen LogP contribution in [0.25, 0.3) is 0 Å². The zero-order valence-corrected chi connectivity index (χ0v) is 17.2. The quantitative estimate of drug-likeness (QED) is 0.644. The number of anilines is 1. The average molecular weight is 421 g/mol. The zero-order valence-electron chi connectivity index (χ0n) is 17.2. The van der Waals surface area contributed by atoms with Crippen LogP contribution in [0.1, 0.15) is 17.2 Å². The summed E-state index contributed by atoms with van der Waals surface area (Å²) in [6.45, 7) is 3.07. The van der Waals surface area contributed by atoms with E-state index in [1.54, 1.807) is 0 Å². The highest BCUT2D eigenvalue weighted by Crippen LogP contribution is 2.29. The van der Waals surface area contributed by atoms with Gasteiger partial charge in [-0.25, -0.2) is 8.78 Å². The molecule has 6 heteroatoms. The van der Waals surface area contributed by atoms with Gasteiger partial charge in [-0.15, -0.1) is 0 Å². The van der Waals surface area contributed by atoms with Crippen molar-refractivity contribution in [3.8, 4) is 0 Å². The second-order valence-electron chi connectivity index (χ2n) is 7.68. The summed E-state index contributed by atoms with van der Waals surface area (Å²) in [5, 5.41) is 2.37. The van der Waals surface area contributed by atoms with Crippen molar-refractivity contribution in [1.29, 1.82) is 0 Å². The highest BCUT2D eigenvalue weighted by molar-refractivity contribution is 5.92. The van der Waals surface area contributed by atoms with E-state index in [-0.39, 0.29) is 18.3 Å².